The van der Waals surface area contributed by atoms with Gasteiger partial charge < -0.3 is 10.1 Å². The Bertz CT molecular complexity index is 371. The molecule has 0 fully saturated rings. The van der Waals surface area contributed by atoms with E-state index in [2.05, 4.69) is 24.1 Å². The van der Waals surface area contributed by atoms with Crippen molar-refractivity contribution in [2.75, 3.05) is 19.0 Å². The Morgan fingerprint density at radius 1 is 1.56 bits per heavy atom. The summed E-state index contributed by atoms with van der Waals surface area (Å²) in [4.78, 5) is 3.92. The van der Waals surface area contributed by atoms with Gasteiger partial charge in [0.1, 0.15) is 11.8 Å². The molecule has 1 rings (SSSR count). The average molecular weight is 219 g/mol. The number of rotatable bonds is 5. The zero-order valence-electron chi connectivity index (χ0n) is 9.90. The molecule has 0 spiro atoms. The first-order valence-electron chi connectivity index (χ1n) is 5.29. The van der Waals surface area contributed by atoms with Gasteiger partial charge in [0.25, 0.3) is 0 Å². The number of pyridine rings is 1. The molecule has 1 unspecified atom stereocenters. The lowest BCUT2D eigenvalue weighted by atomic mass is 10.1. The van der Waals surface area contributed by atoms with E-state index in [9.17, 15) is 0 Å². The fraction of sp³-hybridized carbons (Fsp3) is 0.500. The van der Waals surface area contributed by atoms with Crippen LogP contribution in [0.1, 0.15) is 19.5 Å². The Kier molecular flexibility index (Phi) is 4.74. The number of nitriles is 1. The second-order valence-electron chi connectivity index (χ2n) is 3.99. The van der Waals surface area contributed by atoms with Crippen molar-refractivity contribution in [3.63, 3.8) is 0 Å². The minimum absolute atomic E-state index is 0.235. The number of hydrogen-bond donors (Lipinski definition) is 1. The van der Waals surface area contributed by atoms with Gasteiger partial charge in [0.2, 0.25) is 0 Å². The maximum Gasteiger partial charge on any atom is 0.142 e. The molecule has 1 aromatic rings. The van der Waals surface area contributed by atoms with Crippen LogP contribution in [0.25, 0.3) is 0 Å². The molecule has 1 heterocycles. The molecule has 0 aromatic carbocycles. The number of hydrogen-bond acceptors (Lipinski definition) is 4. The molecule has 1 atom stereocenters. The SMILES string of the molecule is COCC(Nc1ccnc(C#N)c1)C(C)C. The lowest BCUT2D eigenvalue weighted by molar-refractivity contribution is 0.171. The van der Waals surface area contributed by atoms with Crippen LogP contribution in [-0.4, -0.2) is 24.7 Å². The lowest BCUT2D eigenvalue weighted by Gasteiger charge is -2.22. The van der Waals surface area contributed by atoms with Crippen LogP contribution in [0.2, 0.25) is 0 Å². The van der Waals surface area contributed by atoms with E-state index < -0.39 is 0 Å². The van der Waals surface area contributed by atoms with Crippen LogP contribution in [-0.2, 0) is 4.74 Å². The second kappa shape index (κ2) is 6.09. The number of aromatic nitrogens is 1. The molecule has 0 bridgehead atoms. The van der Waals surface area contributed by atoms with E-state index in [1.807, 2.05) is 12.1 Å². The Labute approximate surface area is 96.3 Å². The molecular formula is C12H17N3O. The summed E-state index contributed by atoms with van der Waals surface area (Å²) in [6, 6.07) is 5.85. The van der Waals surface area contributed by atoms with Gasteiger partial charge in [-0.1, -0.05) is 13.8 Å². The normalized spacial score (nSPS) is 12.2. The van der Waals surface area contributed by atoms with E-state index in [4.69, 9.17) is 10.00 Å². The Morgan fingerprint density at radius 2 is 2.31 bits per heavy atom. The summed E-state index contributed by atoms with van der Waals surface area (Å²) in [5.74, 6) is 0.457. The molecule has 0 saturated carbocycles. The molecule has 0 aliphatic heterocycles. The van der Waals surface area contributed by atoms with Crippen LogP contribution in [0.15, 0.2) is 18.3 Å². The van der Waals surface area contributed by atoms with Gasteiger partial charge in [0.15, 0.2) is 0 Å². The Morgan fingerprint density at radius 3 is 2.88 bits per heavy atom. The third-order valence-corrected chi connectivity index (χ3v) is 2.38. The van der Waals surface area contributed by atoms with E-state index in [0.717, 1.165) is 5.69 Å². The minimum Gasteiger partial charge on any atom is -0.383 e. The highest BCUT2D eigenvalue weighted by Gasteiger charge is 2.12. The van der Waals surface area contributed by atoms with Gasteiger partial charge in [-0.25, -0.2) is 4.98 Å². The highest BCUT2D eigenvalue weighted by molar-refractivity contribution is 5.46. The first-order chi connectivity index (χ1) is 7.67. The summed E-state index contributed by atoms with van der Waals surface area (Å²) in [7, 11) is 1.68. The third-order valence-electron chi connectivity index (χ3n) is 2.38. The van der Waals surface area contributed by atoms with Gasteiger partial charge in [0.05, 0.1) is 12.6 Å². The van der Waals surface area contributed by atoms with Crippen molar-refractivity contribution >= 4 is 5.69 Å². The lowest BCUT2D eigenvalue weighted by Crippen LogP contribution is -2.30. The van der Waals surface area contributed by atoms with Crippen molar-refractivity contribution in [2.45, 2.75) is 19.9 Å². The zero-order chi connectivity index (χ0) is 12.0. The third kappa shape index (κ3) is 3.52. The summed E-state index contributed by atoms with van der Waals surface area (Å²) in [6.45, 7) is 4.90. The monoisotopic (exact) mass is 219 g/mol. The van der Waals surface area contributed by atoms with Gasteiger partial charge in [0, 0.05) is 19.0 Å². The van der Waals surface area contributed by atoms with Crippen LogP contribution in [0.5, 0.6) is 0 Å². The van der Waals surface area contributed by atoms with Crippen molar-refractivity contribution in [3.8, 4) is 6.07 Å². The Balaban J connectivity index is 2.73. The molecule has 0 saturated heterocycles. The molecule has 0 aliphatic carbocycles. The molecule has 4 heteroatoms. The maximum atomic E-state index is 8.74. The molecule has 0 amide bonds. The largest absolute Gasteiger partial charge is 0.383 e. The van der Waals surface area contributed by atoms with Gasteiger partial charge in [-0.05, 0) is 18.1 Å². The van der Waals surface area contributed by atoms with Crippen molar-refractivity contribution in [1.29, 1.82) is 5.26 Å². The molecule has 86 valence electrons. The van der Waals surface area contributed by atoms with E-state index in [0.29, 0.717) is 18.2 Å². The number of methoxy groups -OCH3 is 1. The number of ether oxygens (including phenoxy) is 1. The first-order valence-corrected chi connectivity index (χ1v) is 5.29. The summed E-state index contributed by atoms with van der Waals surface area (Å²) in [5.41, 5.74) is 1.33. The smallest absolute Gasteiger partial charge is 0.142 e. The van der Waals surface area contributed by atoms with Crippen molar-refractivity contribution in [3.05, 3.63) is 24.0 Å². The number of nitrogens with zero attached hydrogens (tertiary/aromatic N) is 2. The minimum atomic E-state index is 0.235. The number of anilines is 1. The molecule has 4 nitrogen and oxygen atoms in total. The van der Waals surface area contributed by atoms with Crippen LogP contribution < -0.4 is 5.32 Å². The van der Waals surface area contributed by atoms with Crippen LogP contribution >= 0.6 is 0 Å². The van der Waals surface area contributed by atoms with Crippen molar-refractivity contribution < 1.29 is 4.74 Å². The fourth-order valence-corrected chi connectivity index (χ4v) is 1.38. The summed E-state index contributed by atoms with van der Waals surface area (Å²) >= 11 is 0. The molecule has 0 radical (unpaired) electrons. The summed E-state index contributed by atoms with van der Waals surface area (Å²) in [5, 5.41) is 12.1. The number of nitrogens with one attached hydrogen (secondary N) is 1. The van der Waals surface area contributed by atoms with E-state index >= 15 is 0 Å². The van der Waals surface area contributed by atoms with E-state index in [1.54, 1.807) is 19.4 Å². The maximum absolute atomic E-state index is 8.74. The van der Waals surface area contributed by atoms with E-state index in [1.165, 1.54) is 0 Å². The molecule has 16 heavy (non-hydrogen) atoms. The zero-order valence-corrected chi connectivity index (χ0v) is 9.90. The second-order valence-corrected chi connectivity index (χ2v) is 3.99. The molecular weight excluding hydrogens is 202 g/mol. The summed E-state index contributed by atoms with van der Waals surface area (Å²) in [6.07, 6.45) is 1.63. The average Bonchev–Trinajstić information content (AvgIpc) is 2.28. The molecule has 1 N–H and O–H groups in total. The predicted octanol–water partition coefficient (Wildman–Crippen LogP) is 2.04. The Hall–Kier alpha value is -1.60. The molecule has 1 aromatic heterocycles. The van der Waals surface area contributed by atoms with Gasteiger partial charge in [-0.3, -0.25) is 0 Å². The van der Waals surface area contributed by atoms with Crippen LogP contribution in [0.4, 0.5) is 5.69 Å². The quantitative estimate of drug-likeness (QED) is 0.823. The van der Waals surface area contributed by atoms with Crippen molar-refractivity contribution in [1.82, 2.24) is 4.98 Å². The van der Waals surface area contributed by atoms with Gasteiger partial charge >= 0.3 is 0 Å². The topological polar surface area (TPSA) is 57.9 Å². The standard InChI is InChI=1S/C12H17N3O/c1-9(2)12(8-16-3)15-10-4-5-14-11(6-10)7-13/h4-6,9,12H,8H2,1-3H3,(H,14,15). The predicted molar refractivity (Wildman–Crippen MR) is 63.1 cm³/mol. The highest BCUT2D eigenvalue weighted by Crippen LogP contribution is 2.13. The van der Waals surface area contributed by atoms with Gasteiger partial charge in [-0.2, -0.15) is 5.26 Å². The summed E-state index contributed by atoms with van der Waals surface area (Å²) < 4.78 is 5.15. The fourth-order valence-electron chi connectivity index (χ4n) is 1.38. The molecule has 0 aliphatic rings. The van der Waals surface area contributed by atoms with Crippen LogP contribution in [0, 0.1) is 17.2 Å². The first kappa shape index (κ1) is 12.5. The van der Waals surface area contributed by atoms with Crippen LogP contribution in [0.3, 0.4) is 0 Å². The highest BCUT2D eigenvalue weighted by atomic mass is 16.5. The van der Waals surface area contributed by atoms with Gasteiger partial charge in [-0.15, -0.1) is 0 Å². The van der Waals surface area contributed by atoms with E-state index in [-0.39, 0.29) is 6.04 Å². The van der Waals surface area contributed by atoms with Crippen molar-refractivity contribution in [2.24, 2.45) is 5.92 Å².